The number of nitrogens with zero attached hydrogens (tertiary/aromatic N) is 2. The molecule has 1 amide bonds. The summed E-state index contributed by atoms with van der Waals surface area (Å²) < 4.78 is 16.1. The molecular weight excluding hydrogens is 390 g/mol. The van der Waals surface area contributed by atoms with Crippen molar-refractivity contribution in [2.45, 2.75) is 13.0 Å². The van der Waals surface area contributed by atoms with Crippen molar-refractivity contribution in [2.75, 3.05) is 34.9 Å². The van der Waals surface area contributed by atoms with Gasteiger partial charge in [0.15, 0.2) is 11.5 Å². The van der Waals surface area contributed by atoms with Crippen LogP contribution in [0.3, 0.4) is 0 Å². The van der Waals surface area contributed by atoms with E-state index in [9.17, 15) is 4.79 Å². The molecule has 1 unspecified atom stereocenters. The van der Waals surface area contributed by atoms with Crippen molar-refractivity contribution >= 4 is 17.2 Å². The second-order valence-electron chi connectivity index (χ2n) is 6.71. The zero-order valence-electron chi connectivity index (χ0n) is 17.2. The van der Waals surface area contributed by atoms with Gasteiger partial charge in [-0.2, -0.15) is 0 Å². The Morgan fingerprint density at radius 2 is 2.00 bits per heavy atom. The van der Waals surface area contributed by atoms with Crippen LogP contribution in [0, 0.1) is 6.92 Å². The first-order valence-corrected chi connectivity index (χ1v) is 9.94. The highest BCUT2D eigenvalue weighted by molar-refractivity contribution is 7.17. The predicted molar refractivity (Wildman–Crippen MR) is 113 cm³/mol. The molecule has 1 atom stereocenters. The standard InChI is InChI=1S/C21H25N3O4S/c1-13-19(20(25)22-12-15(24(2)3)16-7-6-10-28-16)29-21(23-13)14-8-9-17(26-4)18(11-14)27-5/h6-11,15H,12H2,1-5H3,(H,22,25). The number of carbonyl (C=O) groups is 1. The summed E-state index contributed by atoms with van der Waals surface area (Å²) >= 11 is 1.35. The summed E-state index contributed by atoms with van der Waals surface area (Å²) in [6.45, 7) is 2.27. The Morgan fingerprint density at radius 1 is 1.24 bits per heavy atom. The second kappa shape index (κ2) is 9.11. The van der Waals surface area contributed by atoms with E-state index in [4.69, 9.17) is 13.9 Å². The molecule has 0 fully saturated rings. The SMILES string of the molecule is COc1ccc(-c2nc(C)c(C(=O)NCC(c3ccco3)N(C)C)s2)cc1OC. The lowest BCUT2D eigenvalue weighted by Gasteiger charge is -2.22. The highest BCUT2D eigenvalue weighted by Gasteiger charge is 2.21. The first kappa shape index (κ1) is 20.9. The van der Waals surface area contributed by atoms with Crippen LogP contribution in [0.1, 0.15) is 27.2 Å². The summed E-state index contributed by atoms with van der Waals surface area (Å²) in [4.78, 5) is 20.0. The number of benzene rings is 1. The lowest BCUT2D eigenvalue weighted by molar-refractivity contribution is 0.0942. The number of likely N-dealkylation sites (N-methyl/N-ethyl adjacent to an activating group) is 1. The topological polar surface area (TPSA) is 76.8 Å². The molecule has 0 radical (unpaired) electrons. The monoisotopic (exact) mass is 415 g/mol. The number of furan rings is 1. The maximum Gasteiger partial charge on any atom is 0.263 e. The van der Waals surface area contributed by atoms with Gasteiger partial charge in [-0.25, -0.2) is 4.98 Å². The Bertz CT molecular complexity index is 966. The van der Waals surface area contributed by atoms with E-state index in [1.807, 2.05) is 56.3 Å². The van der Waals surface area contributed by atoms with Gasteiger partial charge in [-0.15, -0.1) is 11.3 Å². The van der Waals surface area contributed by atoms with Gasteiger partial charge in [0.25, 0.3) is 5.91 Å². The van der Waals surface area contributed by atoms with Crippen molar-refractivity contribution in [1.29, 1.82) is 0 Å². The maximum atomic E-state index is 12.8. The molecule has 0 aliphatic rings. The Balaban J connectivity index is 1.77. The molecule has 8 heteroatoms. The first-order chi connectivity index (χ1) is 13.9. The number of aromatic nitrogens is 1. The molecule has 2 heterocycles. The van der Waals surface area contributed by atoms with Crippen molar-refractivity contribution in [3.8, 4) is 22.1 Å². The van der Waals surface area contributed by atoms with Crippen LogP contribution in [0.25, 0.3) is 10.6 Å². The fraction of sp³-hybridized carbons (Fsp3) is 0.333. The Morgan fingerprint density at radius 3 is 2.62 bits per heavy atom. The number of methoxy groups -OCH3 is 2. The van der Waals surface area contributed by atoms with Crippen LogP contribution in [0.5, 0.6) is 11.5 Å². The first-order valence-electron chi connectivity index (χ1n) is 9.12. The molecule has 3 aromatic rings. The molecule has 7 nitrogen and oxygen atoms in total. The van der Waals surface area contributed by atoms with Crippen molar-refractivity contribution in [3.63, 3.8) is 0 Å². The van der Waals surface area contributed by atoms with Crippen molar-refractivity contribution in [2.24, 2.45) is 0 Å². The minimum atomic E-state index is -0.148. The number of carbonyl (C=O) groups excluding carboxylic acids is 1. The lowest BCUT2D eigenvalue weighted by Crippen LogP contribution is -2.34. The molecule has 0 spiro atoms. The molecule has 154 valence electrons. The second-order valence-corrected chi connectivity index (χ2v) is 7.71. The van der Waals surface area contributed by atoms with E-state index >= 15 is 0 Å². The van der Waals surface area contributed by atoms with Crippen molar-refractivity contribution in [1.82, 2.24) is 15.2 Å². The summed E-state index contributed by atoms with van der Waals surface area (Å²) in [5.41, 5.74) is 1.56. The number of ether oxygens (including phenoxy) is 2. The summed E-state index contributed by atoms with van der Waals surface area (Å²) in [6, 6.07) is 9.29. The largest absolute Gasteiger partial charge is 0.493 e. The highest BCUT2D eigenvalue weighted by Crippen LogP contribution is 2.35. The summed E-state index contributed by atoms with van der Waals surface area (Å²) in [7, 11) is 7.09. The van der Waals surface area contributed by atoms with Gasteiger partial charge < -0.3 is 19.2 Å². The van der Waals surface area contributed by atoms with Gasteiger partial charge >= 0.3 is 0 Å². The average Bonchev–Trinajstić information content (AvgIpc) is 3.37. The van der Waals surface area contributed by atoms with E-state index in [1.165, 1.54) is 11.3 Å². The predicted octanol–water partition coefficient (Wildman–Crippen LogP) is 3.76. The number of aryl methyl sites for hydroxylation is 1. The number of nitrogens with one attached hydrogen (secondary N) is 1. The minimum Gasteiger partial charge on any atom is -0.493 e. The molecule has 0 saturated heterocycles. The number of hydrogen-bond acceptors (Lipinski definition) is 7. The van der Waals surface area contributed by atoms with Crippen LogP contribution in [0.2, 0.25) is 0 Å². The molecule has 0 saturated carbocycles. The fourth-order valence-corrected chi connectivity index (χ4v) is 3.97. The van der Waals surface area contributed by atoms with Gasteiger partial charge in [-0.1, -0.05) is 0 Å². The van der Waals surface area contributed by atoms with Crippen LogP contribution in [-0.2, 0) is 0 Å². The highest BCUT2D eigenvalue weighted by atomic mass is 32.1. The van der Waals surface area contributed by atoms with E-state index in [-0.39, 0.29) is 11.9 Å². The third-order valence-electron chi connectivity index (χ3n) is 4.58. The average molecular weight is 416 g/mol. The molecule has 0 aliphatic carbocycles. The van der Waals surface area contributed by atoms with Crippen molar-refractivity contribution in [3.05, 3.63) is 52.9 Å². The molecule has 0 aliphatic heterocycles. The lowest BCUT2D eigenvalue weighted by atomic mass is 10.2. The van der Waals surface area contributed by atoms with Gasteiger partial charge in [-0.3, -0.25) is 9.69 Å². The summed E-state index contributed by atoms with van der Waals surface area (Å²) in [5, 5.41) is 3.75. The van der Waals surface area contributed by atoms with Gasteiger partial charge in [0, 0.05) is 12.1 Å². The van der Waals surface area contributed by atoms with E-state index in [2.05, 4.69) is 10.3 Å². The molecule has 0 bridgehead atoms. The third kappa shape index (κ3) is 4.60. The van der Waals surface area contributed by atoms with Crippen LogP contribution in [-0.4, -0.2) is 50.7 Å². The van der Waals surface area contributed by atoms with Gasteiger partial charge in [0.2, 0.25) is 0 Å². The fourth-order valence-electron chi connectivity index (χ4n) is 2.99. The normalized spacial score (nSPS) is 12.1. The Labute approximate surface area is 174 Å². The van der Waals surface area contributed by atoms with E-state index in [1.54, 1.807) is 20.5 Å². The van der Waals surface area contributed by atoms with Crippen LogP contribution < -0.4 is 14.8 Å². The third-order valence-corrected chi connectivity index (χ3v) is 5.79. The molecule has 1 aromatic carbocycles. The van der Waals surface area contributed by atoms with Gasteiger partial charge in [0.1, 0.15) is 15.6 Å². The number of hydrogen-bond donors (Lipinski definition) is 1. The quantitative estimate of drug-likeness (QED) is 0.604. The Kier molecular flexibility index (Phi) is 6.56. The van der Waals surface area contributed by atoms with E-state index in [0.717, 1.165) is 16.3 Å². The minimum absolute atomic E-state index is 0.0486. The number of rotatable bonds is 8. The summed E-state index contributed by atoms with van der Waals surface area (Å²) in [5.74, 6) is 1.93. The van der Waals surface area contributed by atoms with E-state index < -0.39 is 0 Å². The molecule has 3 rings (SSSR count). The number of amides is 1. The smallest absolute Gasteiger partial charge is 0.263 e. The molecule has 2 aromatic heterocycles. The number of thiazole rings is 1. The maximum absolute atomic E-state index is 12.8. The molecule has 29 heavy (non-hydrogen) atoms. The van der Waals surface area contributed by atoms with Gasteiger partial charge in [-0.05, 0) is 51.4 Å². The zero-order valence-corrected chi connectivity index (χ0v) is 18.0. The Hall–Kier alpha value is -2.84. The molecule has 1 N–H and O–H groups in total. The van der Waals surface area contributed by atoms with Crippen LogP contribution in [0.15, 0.2) is 41.0 Å². The van der Waals surface area contributed by atoms with E-state index in [0.29, 0.717) is 28.6 Å². The summed E-state index contributed by atoms with van der Waals surface area (Å²) in [6.07, 6.45) is 1.64. The molecular formula is C21H25N3O4S. The van der Waals surface area contributed by atoms with Gasteiger partial charge in [0.05, 0.1) is 32.2 Å². The zero-order chi connectivity index (χ0) is 21.0. The van der Waals surface area contributed by atoms with Crippen LogP contribution >= 0.6 is 11.3 Å². The van der Waals surface area contributed by atoms with Crippen LogP contribution in [0.4, 0.5) is 0 Å². The van der Waals surface area contributed by atoms with Crippen molar-refractivity contribution < 1.29 is 18.7 Å².